The molecule has 1 heterocycles. The van der Waals surface area contributed by atoms with Crippen molar-refractivity contribution in [1.29, 1.82) is 0 Å². The number of hydrogen-bond acceptors (Lipinski definition) is 3. The molecular weight excluding hydrogens is 463 g/mol. The molecule has 0 radical (unpaired) electrons. The number of likely N-dealkylation sites (tertiary alicyclic amines) is 1. The van der Waals surface area contributed by atoms with E-state index in [4.69, 9.17) is 4.74 Å². The lowest BCUT2D eigenvalue weighted by Gasteiger charge is -2.35. The second-order valence-electron chi connectivity index (χ2n) is 12.3. The van der Waals surface area contributed by atoms with Gasteiger partial charge in [-0.15, -0.1) is 0 Å². The largest absolute Gasteiger partial charge is 0.444 e. The number of nitrogens with zero attached hydrogens (tertiary/aromatic N) is 2. The molecule has 202 valence electrons. The van der Waals surface area contributed by atoms with Crippen LogP contribution in [0.4, 0.5) is 9.18 Å². The lowest BCUT2D eigenvalue weighted by atomic mass is 9.87. The van der Waals surface area contributed by atoms with Crippen molar-refractivity contribution in [3.8, 4) is 0 Å². The van der Waals surface area contributed by atoms with Crippen LogP contribution in [0.1, 0.15) is 76.3 Å². The van der Waals surface area contributed by atoms with Gasteiger partial charge >= 0.3 is 6.09 Å². The van der Waals surface area contributed by atoms with Gasteiger partial charge in [-0.05, 0) is 113 Å². The average Bonchev–Trinajstić information content (AvgIpc) is 3.29. The molecule has 1 amide bonds. The van der Waals surface area contributed by atoms with Gasteiger partial charge in [-0.2, -0.15) is 0 Å². The number of carbonyl (C=O) groups is 1. The highest BCUT2D eigenvalue weighted by molar-refractivity contribution is 5.68. The molecule has 0 N–H and O–H groups in total. The first-order valence-corrected chi connectivity index (χ1v) is 14.2. The summed E-state index contributed by atoms with van der Waals surface area (Å²) in [5.41, 5.74) is 2.15. The molecule has 2 aromatic rings. The predicted molar refractivity (Wildman–Crippen MR) is 148 cm³/mol. The molecule has 0 aromatic heterocycles. The maximum atomic E-state index is 13.1. The van der Waals surface area contributed by atoms with Crippen molar-refractivity contribution < 1.29 is 13.9 Å². The summed E-state index contributed by atoms with van der Waals surface area (Å²) in [4.78, 5) is 17.3. The van der Waals surface area contributed by atoms with Gasteiger partial charge in [-0.25, -0.2) is 9.18 Å². The highest BCUT2D eigenvalue weighted by Crippen LogP contribution is 2.42. The quantitative estimate of drug-likeness (QED) is 0.375. The van der Waals surface area contributed by atoms with Crippen molar-refractivity contribution in [3.63, 3.8) is 0 Å². The summed E-state index contributed by atoms with van der Waals surface area (Å²) in [6.07, 6.45) is 7.77. The van der Waals surface area contributed by atoms with E-state index >= 15 is 0 Å². The molecular formula is C32H45FN2O2. The van der Waals surface area contributed by atoms with Crippen LogP contribution in [0.25, 0.3) is 0 Å². The summed E-state index contributed by atoms with van der Waals surface area (Å²) in [6.45, 7) is 9.19. The summed E-state index contributed by atoms with van der Waals surface area (Å²) in [6, 6.07) is 18.0. The third-order valence-corrected chi connectivity index (χ3v) is 8.32. The monoisotopic (exact) mass is 508 g/mol. The molecule has 3 atom stereocenters. The van der Waals surface area contributed by atoms with Crippen molar-refractivity contribution in [1.82, 2.24) is 9.80 Å². The van der Waals surface area contributed by atoms with Gasteiger partial charge in [0.1, 0.15) is 11.4 Å². The first-order valence-electron chi connectivity index (χ1n) is 14.2. The van der Waals surface area contributed by atoms with E-state index in [1.807, 2.05) is 44.9 Å². The summed E-state index contributed by atoms with van der Waals surface area (Å²) in [5, 5.41) is 0. The van der Waals surface area contributed by atoms with Crippen LogP contribution in [-0.4, -0.2) is 54.2 Å². The molecule has 2 aliphatic rings. The van der Waals surface area contributed by atoms with Gasteiger partial charge in [0.15, 0.2) is 0 Å². The molecule has 1 aliphatic heterocycles. The van der Waals surface area contributed by atoms with E-state index < -0.39 is 5.60 Å². The van der Waals surface area contributed by atoms with Crippen LogP contribution in [0.3, 0.4) is 0 Å². The highest BCUT2D eigenvalue weighted by Gasteiger charge is 2.40. The van der Waals surface area contributed by atoms with Crippen LogP contribution in [0.5, 0.6) is 0 Å². The minimum Gasteiger partial charge on any atom is -0.444 e. The van der Waals surface area contributed by atoms with E-state index in [2.05, 4.69) is 35.2 Å². The van der Waals surface area contributed by atoms with Crippen LogP contribution >= 0.6 is 0 Å². The first kappa shape index (κ1) is 27.6. The van der Waals surface area contributed by atoms with E-state index in [-0.39, 0.29) is 18.0 Å². The number of hydrogen-bond donors (Lipinski definition) is 0. The summed E-state index contributed by atoms with van der Waals surface area (Å²) in [5.74, 6) is 1.63. The maximum Gasteiger partial charge on any atom is 0.410 e. The van der Waals surface area contributed by atoms with Crippen LogP contribution in [0.15, 0.2) is 54.6 Å². The summed E-state index contributed by atoms with van der Waals surface area (Å²) in [7, 11) is 1.90. The van der Waals surface area contributed by atoms with E-state index in [1.54, 1.807) is 12.1 Å². The number of rotatable bonds is 8. The smallest absolute Gasteiger partial charge is 0.410 e. The zero-order valence-electron chi connectivity index (χ0n) is 23.2. The Morgan fingerprint density at radius 3 is 2.35 bits per heavy atom. The number of carbonyl (C=O) groups excluding carboxylic acids is 1. The molecule has 4 rings (SSSR count). The Morgan fingerprint density at radius 1 is 1.03 bits per heavy atom. The fourth-order valence-electron chi connectivity index (χ4n) is 6.24. The molecule has 5 heteroatoms. The van der Waals surface area contributed by atoms with Gasteiger partial charge in [0.25, 0.3) is 0 Å². The van der Waals surface area contributed by atoms with Crippen molar-refractivity contribution in [2.24, 2.45) is 11.8 Å². The number of benzene rings is 2. The Labute approximate surface area is 223 Å². The fourth-order valence-corrected chi connectivity index (χ4v) is 6.24. The van der Waals surface area contributed by atoms with Crippen LogP contribution in [-0.2, 0) is 11.2 Å². The van der Waals surface area contributed by atoms with E-state index in [9.17, 15) is 9.18 Å². The lowest BCUT2D eigenvalue weighted by molar-refractivity contribution is 0.0221. The molecule has 37 heavy (non-hydrogen) atoms. The van der Waals surface area contributed by atoms with Crippen LogP contribution < -0.4 is 0 Å². The van der Waals surface area contributed by atoms with E-state index in [0.717, 1.165) is 44.8 Å². The third-order valence-electron chi connectivity index (χ3n) is 8.32. The molecule has 1 saturated heterocycles. The molecule has 1 unspecified atom stereocenters. The fraction of sp³-hybridized carbons (Fsp3) is 0.594. The number of halogens is 1. The van der Waals surface area contributed by atoms with Crippen molar-refractivity contribution in [2.45, 2.75) is 83.3 Å². The molecule has 1 aliphatic carbocycles. The maximum absolute atomic E-state index is 13.1. The predicted octanol–water partition coefficient (Wildman–Crippen LogP) is 7.29. The summed E-state index contributed by atoms with van der Waals surface area (Å²) >= 11 is 0. The average molecular weight is 509 g/mol. The molecule has 0 bridgehead atoms. The second-order valence-corrected chi connectivity index (χ2v) is 12.3. The SMILES string of the molecule is CN(C(=O)OC(C)(C)C)C1C[C@H](CN2CCC(CCCc3ccc(F)cc3)CC2)[C@@H](c2ccccc2)C1. The Kier molecular flexibility index (Phi) is 9.28. The van der Waals surface area contributed by atoms with Crippen molar-refractivity contribution in [2.75, 3.05) is 26.7 Å². The molecule has 2 fully saturated rings. The third kappa shape index (κ3) is 8.04. The zero-order valence-corrected chi connectivity index (χ0v) is 23.2. The minimum absolute atomic E-state index is 0.157. The minimum atomic E-state index is -0.481. The van der Waals surface area contributed by atoms with Gasteiger partial charge in [-0.1, -0.05) is 48.9 Å². The normalized spacial score (nSPS) is 23.2. The Bertz CT molecular complexity index is 980. The highest BCUT2D eigenvalue weighted by atomic mass is 19.1. The lowest BCUT2D eigenvalue weighted by Crippen LogP contribution is -2.40. The number of aryl methyl sites for hydroxylation is 1. The van der Waals surface area contributed by atoms with Gasteiger partial charge in [0.05, 0.1) is 0 Å². The molecule has 2 aromatic carbocycles. The molecule has 4 nitrogen and oxygen atoms in total. The zero-order chi connectivity index (χ0) is 26.4. The van der Waals surface area contributed by atoms with E-state index in [0.29, 0.717) is 11.8 Å². The van der Waals surface area contributed by atoms with Gasteiger partial charge in [-0.3, -0.25) is 0 Å². The molecule has 0 spiro atoms. The Morgan fingerprint density at radius 2 is 1.70 bits per heavy atom. The van der Waals surface area contributed by atoms with Gasteiger partial charge in [0.2, 0.25) is 0 Å². The van der Waals surface area contributed by atoms with Crippen molar-refractivity contribution >= 4 is 6.09 Å². The van der Waals surface area contributed by atoms with E-state index in [1.165, 1.54) is 36.8 Å². The van der Waals surface area contributed by atoms with Crippen molar-refractivity contribution in [3.05, 3.63) is 71.5 Å². The number of amides is 1. The van der Waals surface area contributed by atoms with Gasteiger partial charge < -0.3 is 14.5 Å². The number of piperidine rings is 1. The Balaban J connectivity index is 1.29. The van der Waals surface area contributed by atoms with Crippen LogP contribution in [0, 0.1) is 17.7 Å². The number of ether oxygens (including phenoxy) is 1. The Hall–Kier alpha value is -2.40. The summed E-state index contributed by atoms with van der Waals surface area (Å²) < 4.78 is 18.8. The first-order chi connectivity index (χ1) is 17.7. The standard InChI is InChI=1S/C32H45FN2O2/c1-32(2,3)37-31(36)34(4)29-21-27(30(22-29)26-11-6-5-7-12-26)23-35-19-17-25(18-20-35)10-8-9-24-13-15-28(33)16-14-24/h5-7,11-16,25,27,29-30H,8-10,17-23H2,1-4H3/t27-,29?,30-/m1/s1. The van der Waals surface area contributed by atoms with Gasteiger partial charge in [0, 0.05) is 19.6 Å². The molecule has 1 saturated carbocycles. The second kappa shape index (κ2) is 12.4. The van der Waals surface area contributed by atoms with Crippen LogP contribution in [0.2, 0.25) is 0 Å². The topological polar surface area (TPSA) is 32.8 Å².